The van der Waals surface area contributed by atoms with Crippen molar-refractivity contribution in [3.63, 3.8) is 0 Å². The van der Waals surface area contributed by atoms with Crippen molar-refractivity contribution in [1.82, 2.24) is 9.78 Å². The lowest BCUT2D eigenvalue weighted by Gasteiger charge is -2.06. The maximum atomic E-state index is 9.06. The molecule has 0 radical (unpaired) electrons. The van der Waals surface area contributed by atoms with Gasteiger partial charge in [0.05, 0.1) is 12.3 Å². The summed E-state index contributed by atoms with van der Waals surface area (Å²) in [5.41, 5.74) is 2.54. The topological polar surface area (TPSA) is 50.8 Å². The van der Waals surface area contributed by atoms with Crippen molar-refractivity contribution in [2.45, 2.75) is 19.8 Å². The summed E-state index contributed by atoms with van der Waals surface area (Å²) in [4.78, 5) is 0. The van der Waals surface area contributed by atoms with Crippen molar-refractivity contribution in [2.75, 3.05) is 6.61 Å². The Morgan fingerprint density at radius 1 is 1.32 bits per heavy atom. The number of nitriles is 1. The van der Waals surface area contributed by atoms with E-state index in [2.05, 4.69) is 23.3 Å². The second-order valence-electron chi connectivity index (χ2n) is 4.44. The first kappa shape index (κ1) is 13.2. The van der Waals surface area contributed by atoms with Crippen molar-refractivity contribution in [1.29, 1.82) is 5.26 Å². The summed E-state index contributed by atoms with van der Waals surface area (Å²) in [6, 6.07) is 12.4. The molecular weight excluding hydrogens is 238 g/mol. The third-order valence-electron chi connectivity index (χ3n) is 2.97. The molecule has 2 aromatic rings. The number of nitrogens with zero attached hydrogens (tertiary/aromatic N) is 3. The van der Waals surface area contributed by atoms with E-state index in [0.717, 1.165) is 12.8 Å². The van der Waals surface area contributed by atoms with Crippen molar-refractivity contribution in [2.24, 2.45) is 7.05 Å². The van der Waals surface area contributed by atoms with Gasteiger partial charge in [-0.3, -0.25) is 0 Å². The molecule has 4 nitrogen and oxygen atoms in total. The zero-order chi connectivity index (χ0) is 13.7. The van der Waals surface area contributed by atoms with Gasteiger partial charge in [-0.25, -0.2) is 4.68 Å². The highest BCUT2D eigenvalue weighted by atomic mass is 16.5. The number of hydrogen-bond donors (Lipinski definition) is 0. The molecule has 4 heteroatoms. The van der Waals surface area contributed by atoms with Gasteiger partial charge in [0.25, 0.3) is 0 Å². The van der Waals surface area contributed by atoms with Gasteiger partial charge in [0.15, 0.2) is 0 Å². The zero-order valence-electron chi connectivity index (χ0n) is 11.3. The van der Waals surface area contributed by atoms with E-state index >= 15 is 0 Å². The summed E-state index contributed by atoms with van der Waals surface area (Å²) >= 11 is 0. The van der Waals surface area contributed by atoms with E-state index < -0.39 is 0 Å². The second kappa shape index (κ2) is 6.05. The molecule has 0 atom stereocenters. The molecule has 1 aromatic heterocycles. The maximum Gasteiger partial charge on any atom is 0.230 e. The molecule has 0 saturated heterocycles. The number of hydrogen-bond acceptors (Lipinski definition) is 3. The van der Waals surface area contributed by atoms with Crippen LogP contribution in [0.5, 0.6) is 5.88 Å². The smallest absolute Gasteiger partial charge is 0.230 e. The van der Waals surface area contributed by atoms with E-state index in [0.29, 0.717) is 23.7 Å². The highest BCUT2D eigenvalue weighted by Crippen LogP contribution is 2.20. The SMILES string of the molecule is Cc1nn(C)c(OCCCc2ccccc2)c1C#N. The Morgan fingerprint density at radius 2 is 2.05 bits per heavy atom. The quantitative estimate of drug-likeness (QED) is 0.772. The third-order valence-corrected chi connectivity index (χ3v) is 2.97. The van der Waals surface area contributed by atoms with Crippen LogP contribution in [0.2, 0.25) is 0 Å². The minimum absolute atomic E-state index is 0.530. The lowest BCUT2D eigenvalue weighted by atomic mass is 10.1. The van der Waals surface area contributed by atoms with Crippen LogP contribution in [-0.2, 0) is 13.5 Å². The molecule has 0 aliphatic heterocycles. The van der Waals surface area contributed by atoms with E-state index in [1.165, 1.54) is 5.56 Å². The summed E-state index contributed by atoms with van der Waals surface area (Å²) < 4.78 is 7.30. The molecule has 1 heterocycles. The van der Waals surface area contributed by atoms with Gasteiger partial charge in [0.1, 0.15) is 11.6 Å². The number of benzene rings is 1. The van der Waals surface area contributed by atoms with Gasteiger partial charge in [-0.15, -0.1) is 0 Å². The highest BCUT2D eigenvalue weighted by Gasteiger charge is 2.13. The minimum Gasteiger partial charge on any atom is -0.477 e. The fourth-order valence-corrected chi connectivity index (χ4v) is 2.02. The molecule has 0 N–H and O–H groups in total. The van der Waals surface area contributed by atoms with Crippen molar-refractivity contribution >= 4 is 0 Å². The van der Waals surface area contributed by atoms with Crippen molar-refractivity contribution in [3.05, 3.63) is 47.2 Å². The molecule has 98 valence electrons. The molecule has 0 amide bonds. The molecule has 0 aliphatic carbocycles. The molecule has 0 saturated carbocycles. The van der Waals surface area contributed by atoms with Crippen LogP contribution in [0.15, 0.2) is 30.3 Å². The van der Waals surface area contributed by atoms with Gasteiger partial charge < -0.3 is 4.74 Å². The van der Waals surface area contributed by atoms with Gasteiger partial charge >= 0.3 is 0 Å². The second-order valence-corrected chi connectivity index (χ2v) is 4.44. The first-order chi connectivity index (χ1) is 9.22. The largest absolute Gasteiger partial charge is 0.477 e. The predicted molar refractivity (Wildman–Crippen MR) is 72.9 cm³/mol. The standard InChI is InChI=1S/C15H17N3O/c1-12-14(11-16)15(18(2)17-12)19-10-6-9-13-7-4-3-5-8-13/h3-5,7-8H,6,9-10H2,1-2H3. The fourth-order valence-electron chi connectivity index (χ4n) is 2.02. The third kappa shape index (κ3) is 3.14. The Hall–Kier alpha value is -2.28. The zero-order valence-corrected chi connectivity index (χ0v) is 11.3. The normalized spacial score (nSPS) is 10.2. The van der Waals surface area contributed by atoms with Crippen LogP contribution in [0.4, 0.5) is 0 Å². The van der Waals surface area contributed by atoms with E-state index in [9.17, 15) is 0 Å². The van der Waals surface area contributed by atoms with Crippen LogP contribution in [0, 0.1) is 18.3 Å². The molecule has 0 unspecified atom stereocenters. The lowest BCUT2D eigenvalue weighted by molar-refractivity contribution is 0.284. The van der Waals surface area contributed by atoms with Crippen molar-refractivity contribution in [3.8, 4) is 11.9 Å². The Labute approximate surface area is 113 Å². The first-order valence-corrected chi connectivity index (χ1v) is 6.33. The van der Waals surface area contributed by atoms with E-state index in [-0.39, 0.29) is 0 Å². The monoisotopic (exact) mass is 255 g/mol. The number of aromatic nitrogens is 2. The molecule has 2 rings (SSSR count). The van der Waals surface area contributed by atoms with Crippen LogP contribution in [0.3, 0.4) is 0 Å². The molecule has 0 spiro atoms. The minimum atomic E-state index is 0.530. The Morgan fingerprint density at radius 3 is 2.74 bits per heavy atom. The Bertz CT molecular complexity index is 581. The number of rotatable bonds is 5. The summed E-state index contributed by atoms with van der Waals surface area (Å²) in [5.74, 6) is 0.563. The van der Waals surface area contributed by atoms with Gasteiger partial charge in [-0.1, -0.05) is 30.3 Å². The van der Waals surface area contributed by atoms with E-state index in [4.69, 9.17) is 10.00 Å². The average Bonchev–Trinajstić information content (AvgIpc) is 2.70. The van der Waals surface area contributed by atoms with Gasteiger partial charge in [0.2, 0.25) is 5.88 Å². The average molecular weight is 255 g/mol. The van der Waals surface area contributed by atoms with Crippen LogP contribution in [0.1, 0.15) is 23.2 Å². The molecule has 19 heavy (non-hydrogen) atoms. The van der Waals surface area contributed by atoms with Crippen LogP contribution < -0.4 is 4.74 Å². The van der Waals surface area contributed by atoms with Crippen LogP contribution in [-0.4, -0.2) is 16.4 Å². The fraction of sp³-hybridized carbons (Fsp3) is 0.333. The number of ether oxygens (including phenoxy) is 1. The molecule has 0 bridgehead atoms. The van der Waals surface area contributed by atoms with Gasteiger partial charge in [0, 0.05) is 7.05 Å². The van der Waals surface area contributed by atoms with Crippen LogP contribution in [0.25, 0.3) is 0 Å². The molecular formula is C15H17N3O. The maximum absolute atomic E-state index is 9.06. The molecule has 0 aliphatic rings. The summed E-state index contributed by atoms with van der Waals surface area (Å²) in [6.45, 7) is 2.40. The Kier molecular flexibility index (Phi) is 4.19. The van der Waals surface area contributed by atoms with Gasteiger partial charge in [-0.2, -0.15) is 10.4 Å². The first-order valence-electron chi connectivity index (χ1n) is 6.33. The lowest BCUT2D eigenvalue weighted by Crippen LogP contribution is -2.04. The predicted octanol–water partition coefficient (Wildman–Crippen LogP) is 2.61. The molecule has 1 aromatic carbocycles. The molecule has 0 fully saturated rings. The highest BCUT2D eigenvalue weighted by molar-refractivity contribution is 5.41. The van der Waals surface area contributed by atoms with Crippen LogP contribution >= 0.6 is 0 Å². The van der Waals surface area contributed by atoms with Crippen molar-refractivity contribution < 1.29 is 4.74 Å². The Balaban J connectivity index is 1.88. The van der Waals surface area contributed by atoms with E-state index in [1.54, 1.807) is 11.7 Å². The van der Waals surface area contributed by atoms with E-state index in [1.807, 2.05) is 25.1 Å². The summed E-state index contributed by atoms with van der Waals surface area (Å²) in [6.07, 6.45) is 1.89. The summed E-state index contributed by atoms with van der Waals surface area (Å²) in [7, 11) is 1.79. The number of aryl methyl sites for hydroxylation is 3. The van der Waals surface area contributed by atoms with Gasteiger partial charge in [-0.05, 0) is 25.3 Å². The summed E-state index contributed by atoms with van der Waals surface area (Å²) in [5, 5.41) is 13.3.